The lowest BCUT2D eigenvalue weighted by molar-refractivity contribution is -0.118. The minimum Gasteiger partial charge on any atom is -0.315 e. The average Bonchev–Trinajstić information content (AvgIpc) is 2.70. The van der Waals surface area contributed by atoms with Crippen LogP contribution in [0.15, 0.2) is 30.6 Å². The van der Waals surface area contributed by atoms with Crippen molar-refractivity contribution >= 4 is 21.6 Å². The number of pyridine rings is 1. The molecule has 1 N–H and O–H groups in total. The van der Waals surface area contributed by atoms with Crippen molar-refractivity contribution in [3.63, 3.8) is 0 Å². The molecular weight excluding hydrogens is 374 g/mol. The summed E-state index contributed by atoms with van der Waals surface area (Å²) in [7, 11) is -1.46. The fraction of sp³-hybridized carbons (Fsp3) is 0.429. The van der Waals surface area contributed by atoms with Crippen molar-refractivity contribution < 1.29 is 13.2 Å². The third-order valence-electron chi connectivity index (χ3n) is 5.82. The minimum atomic E-state index is -3.28. The predicted molar refractivity (Wildman–Crippen MR) is 110 cm³/mol. The number of rotatable bonds is 4. The lowest BCUT2D eigenvalue weighted by Gasteiger charge is -2.29. The molecule has 2 aromatic rings. The first-order valence-electron chi connectivity index (χ1n) is 9.76. The number of benzene rings is 1. The maximum absolute atomic E-state index is 12.1. The first-order chi connectivity index (χ1) is 13.4. The van der Waals surface area contributed by atoms with Gasteiger partial charge in [0.25, 0.3) is 0 Å². The molecule has 0 bridgehead atoms. The third kappa shape index (κ3) is 3.44. The van der Waals surface area contributed by atoms with Crippen LogP contribution in [0.2, 0.25) is 0 Å². The van der Waals surface area contributed by atoms with Crippen molar-refractivity contribution in [1.82, 2.24) is 9.71 Å². The molecule has 6 nitrogen and oxygen atoms in total. The van der Waals surface area contributed by atoms with Gasteiger partial charge in [-0.25, -0.2) is 13.1 Å². The van der Waals surface area contributed by atoms with Crippen LogP contribution in [0.4, 0.5) is 5.69 Å². The van der Waals surface area contributed by atoms with E-state index >= 15 is 0 Å². The normalized spacial score (nSPS) is 19.3. The van der Waals surface area contributed by atoms with Crippen LogP contribution in [0.3, 0.4) is 0 Å². The smallest absolute Gasteiger partial charge is 0.227 e. The number of fused-ring (bicyclic) bond motifs is 2. The molecule has 7 heteroatoms. The van der Waals surface area contributed by atoms with Gasteiger partial charge in [0.1, 0.15) is 0 Å². The Balaban J connectivity index is 1.74. The largest absolute Gasteiger partial charge is 0.315 e. The van der Waals surface area contributed by atoms with Gasteiger partial charge in [-0.2, -0.15) is 0 Å². The molecule has 1 atom stereocenters. The van der Waals surface area contributed by atoms with Gasteiger partial charge in [-0.05, 0) is 67.0 Å². The van der Waals surface area contributed by atoms with E-state index in [1.54, 1.807) is 18.0 Å². The second-order valence-electron chi connectivity index (χ2n) is 7.52. The number of carbonyl (C=O) groups excluding carboxylic acids is 1. The van der Waals surface area contributed by atoms with Gasteiger partial charge in [-0.15, -0.1) is 0 Å². The van der Waals surface area contributed by atoms with Gasteiger partial charge in [0.2, 0.25) is 15.9 Å². The molecule has 0 fully saturated rings. The number of hydrogen-bond acceptors (Lipinski definition) is 4. The average molecular weight is 400 g/mol. The van der Waals surface area contributed by atoms with Crippen molar-refractivity contribution in [2.75, 3.05) is 17.7 Å². The predicted octanol–water partition coefficient (Wildman–Crippen LogP) is 2.97. The molecule has 1 amide bonds. The highest BCUT2D eigenvalue weighted by Gasteiger charge is 2.27. The lowest BCUT2D eigenvalue weighted by Crippen LogP contribution is -2.32. The first kappa shape index (κ1) is 19.1. The number of carbonyl (C=O) groups is 1. The fourth-order valence-electron chi connectivity index (χ4n) is 4.22. The highest BCUT2D eigenvalue weighted by molar-refractivity contribution is 7.89. The highest BCUT2D eigenvalue weighted by atomic mass is 32.2. The summed E-state index contributed by atoms with van der Waals surface area (Å²) in [6.07, 6.45) is 7.57. The molecule has 1 aliphatic carbocycles. The molecule has 0 spiro atoms. The molecule has 0 radical (unpaired) electrons. The van der Waals surface area contributed by atoms with Gasteiger partial charge in [0, 0.05) is 43.2 Å². The Bertz CT molecular complexity index is 1030. The number of sulfonamides is 1. The SMILES string of the molecule is CCS(=O)(=O)N[C@H]1CCCc2c(-c3ccc4c(c3)CCC(=O)N4C)cncc21. The van der Waals surface area contributed by atoms with Crippen LogP contribution in [-0.2, 0) is 27.7 Å². The molecule has 148 valence electrons. The first-order valence-corrected chi connectivity index (χ1v) is 11.4. The Morgan fingerprint density at radius 2 is 2.04 bits per heavy atom. The van der Waals surface area contributed by atoms with Gasteiger partial charge < -0.3 is 4.90 Å². The summed E-state index contributed by atoms with van der Waals surface area (Å²) in [5.74, 6) is 0.216. The summed E-state index contributed by atoms with van der Waals surface area (Å²) in [6.45, 7) is 1.65. The molecule has 4 rings (SSSR count). The van der Waals surface area contributed by atoms with Crippen molar-refractivity contribution in [3.05, 3.63) is 47.3 Å². The van der Waals surface area contributed by atoms with E-state index in [0.717, 1.165) is 53.6 Å². The Kier molecular flexibility index (Phi) is 4.97. The van der Waals surface area contributed by atoms with E-state index in [9.17, 15) is 13.2 Å². The van der Waals surface area contributed by atoms with Crippen molar-refractivity contribution in [2.45, 2.75) is 45.1 Å². The molecule has 0 saturated carbocycles. The molecule has 2 heterocycles. The molecule has 1 aromatic heterocycles. The quantitative estimate of drug-likeness (QED) is 0.857. The van der Waals surface area contributed by atoms with Crippen LogP contribution in [0.25, 0.3) is 11.1 Å². The summed E-state index contributed by atoms with van der Waals surface area (Å²) >= 11 is 0. The molecule has 2 aliphatic rings. The number of aryl methyl sites for hydroxylation is 1. The number of anilines is 1. The summed E-state index contributed by atoms with van der Waals surface area (Å²) in [5.41, 5.74) is 6.41. The summed E-state index contributed by atoms with van der Waals surface area (Å²) in [6, 6.07) is 5.96. The third-order valence-corrected chi connectivity index (χ3v) is 7.23. The second kappa shape index (κ2) is 7.29. The van der Waals surface area contributed by atoms with E-state index in [-0.39, 0.29) is 17.7 Å². The number of aromatic nitrogens is 1. The minimum absolute atomic E-state index is 0.0724. The Labute approximate surface area is 166 Å². The van der Waals surface area contributed by atoms with E-state index in [2.05, 4.69) is 15.8 Å². The number of hydrogen-bond donors (Lipinski definition) is 1. The van der Waals surface area contributed by atoms with Gasteiger partial charge in [-0.1, -0.05) is 6.07 Å². The van der Waals surface area contributed by atoms with Gasteiger partial charge in [0.15, 0.2) is 0 Å². The zero-order chi connectivity index (χ0) is 19.9. The van der Waals surface area contributed by atoms with E-state index < -0.39 is 10.0 Å². The van der Waals surface area contributed by atoms with Crippen LogP contribution in [0, 0.1) is 0 Å². The van der Waals surface area contributed by atoms with E-state index in [0.29, 0.717) is 6.42 Å². The molecule has 1 aliphatic heterocycles. The van der Waals surface area contributed by atoms with Crippen LogP contribution in [0.5, 0.6) is 0 Å². The fourth-order valence-corrected chi connectivity index (χ4v) is 5.06. The standard InChI is InChI=1S/C21H25N3O3S/c1-3-28(26,27)23-19-6-4-5-16-17(12-22-13-18(16)19)14-7-9-20-15(11-14)8-10-21(25)24(20)2/h7,9,11-13,19,23H,3-6,8,10H2,1-2H3/t19-/m0/s1. The molecular formula is C21H25N3O3S. The maximum atomic E-state index is 12.1. The maximum Gasteiger partial charge on any atom is 0.227 e. The molecule has 0 unspecified atom stereocenters. The van der Waals surface area contributed by atoms with E-state index in [4.69, 9.17) is 0 Å². The second-order valence-corrected chi connectivity index (χ2v) is 9.56. The van der Waals surface area contributed by atoms with Crippen LogP contribution in [0.1, 0.15) is 48.9 Å². The van der Waals surface area contributed by atoms with Crippen LogP contribution < -0.4 is 9.62 Å². The zero-order valence-corrected chi connectivity index (χ0v) is 17.1. The van der Waals surface area contributed by atoms with Gasteiger partial charge >= 0.3 is 0 Å². The van der Waals surface area contributed by atoms with E-state index in [1.165, 1.54) is 5.56 Å². The summed E-state index contributed by atoms with van der Waals surface area (Å²) < 4.78 is 27.0. The van der Waals surface area contributed by atoms with Gasteiger partial charge in [-0.3, -0.25) is 9.78 Å². The summed E-state index contributed by atoms with van der Waals surface area (Å²) in [4.78, 5) is 18.1. The van der Waals surface area contributed by atoms with Crippen LogP contribution >= 0.6 is 0 Å². The Hall–Kier alpha value is -2.25. The molecule has 1 aromatic carbocycles. The Morgan fingerprint density at radius 3 is 2.82 bits per heavy atom. The summed E-state index contributed by atoms with van der Waals surface area (Å²) in [5, 5.41) is 0. The lowest BCUT2D eigenvalue weighted by atomic mass is 9.84. The van der Waals surface area contributed by atoms with Crippen molar-refractivity contribution in [3.8, 4) is 11.1 Å². The zero-order valence-electron chi connectivity index (χ0n) is 16.2. The Morgan fingerprint density at radius 1 is 1.21 bits per heavy atom. The van der Waals surface area contributed by atoms with Crippen LogP contribution in [-0.4, -0.2) is 32.1 Å². The number of nitrogens with one attached hydrogen (secondary N) is 1. The number of amides is 1. The topological polar surface area (TPSA) is 79.4 Å². The van der Waals surface area contributed by atoms with Crippen molar-refractivity contribution in [1.29, 1.82) is 0 Å². The van der Waals surface area contributed by atoms with E-state index in [1.807, 2.05) is 25.4 Å². The monoisotopic (exact) mass is 399 g/mol. The molecule has 28 heavy (non-hydrogen) atoms. The van der Waals surface area contributed by atoms with Gasteiger partial charge in [0.05, 0.1) is 5.75 Å². The molecule has 0 saturated heterocycles. The number of nitrogens with zero attached hydrogens (tertiary/aromatic N) is 2. The van der Waals surface area contributed by atoms with Crippen molar-refractivity contribution in [2.24, 2.45) is 0 Å². The highest BCUT2D eigenvalue weighted by Crippen LogP contribution is 2.38.